The van der Waals surface area contributed by atoms with Crippen LogP contribution in [0.4, 0.5) is 0 Å². The van der Waals surface area contributed by atoms with E-state index in [-0.39, 0.29) is 31.1 Å². The first kappa shape index (κ1) is 76.4. The minimum absolute atomic E-state index is 0.0688. The molecule has 0 amide bonds. The first-order chi connectivity index (χ1) is 39.0. The molecule has 1 atom stereocenters. The van der Waals surface area contributed by atoms with Gasteiger partial charge in [0, 0.05) is 19.3 Å². The summed E-state index contributed by atoms with van der Waals surface area (Å²) in [5.74, 6) is -0.846. The second-order valence-corrected chi connectivity index (χ2v) is 23.8. The number of hydrogen-bond acceptors (Lipinski definition) is 6. The van der Waals surface area contributed by atoms with Crippen molar-refractivity contribution >= 4 is 17.9 Å². The summed E-state index contributed by atoms with van der Waals surface area (Å²) in [5.41, 5.74) is 0. The normalized spacial score (nSPS) is 12.3. The molecule has 1 unspecified atom stereocenters. The zero-order valence-electron chi connectivity index (χ0n) is 53.2. The van der Waals surface area contributed by atoms with Crippen LogP contribution in [0.3, 0.4) is 0 Å². The first-order valence-corrected chi connectivity index (χ1v) is 35.1. The zero-order chi connectivity index (χ0) is 57.1. The van der Waals surface area contributed by atoms with Crippen LogP contribution in [0.2, 0.25) is 0 Å². The van der Waals surface area contributed by atoms with Crippen LogP contribution in [0.1, 0.15) is 380 Å². The highest BCUT2D eigenvalue weighted by atomic mass is 16.6. The zero-order valence-corrected chi connectivity index (χ0v) is 53.2. The highest BCUT2D eigenvalue weighted by Gasteiger charge is 2.19. The van der Waals surface area contributed by atoms with Crippen LogP contribution in [-0.2, 0) is 28.6 Å². The molecular formula is C73H134O6. The van der Waals surface area contributed by atoms with Gasteiger partial charge >= 0.3 is 17.9 Å². The van der Waals surface area contributed by atoms with Gasteiger partial charge in [-0.05, 0) is 83.5 Å². The van der Waals surface area contributed by atoms with E-state index in [9.17, 15) is 14.4 Å². The maximum Gasteiger partial charge on any atom is 0.306 e. The maximum absolute atomic E-state index is 12.9. The quantitative estimate of drug-likeness (QED) is 0.0261. The molecular weight excluding hydrogens is 973 g/mol. The average Bonchev–Trinajstić information content (AvgIpc) is 3.45. The Morgan fingerprint density at radius 1 is 0.253 bits per heavy atom. The summed E-state index contributed by atoms with van der Waals surface area (Å²) in [4.78, 5) is 38.4. The van der Waals surface area contributed by atoms with Gasteiger partial charge in [0.1, 0.15) is 13.2 Å². The molecule has 6 heteroatoms. The predicted molar refractivity (Wildman–Crippen MR) is 344 cm³/mol. The number of rotatable bonds is 65. The molecule has 0 saturated heterocycles. The van der Waals surface area contributed by atoms with Crippen molar-refractivity contribution in [2.45, 2.75) is 386 Å². The molecule has 0 bridgehead atoms. The monoisotopic (exact) mass is 1110 g/mol. The van der Waals surface area contributed by atoms with Crippen molar-refractivity contribution < 1.29 is 28.6 Å². The van der Waals surface area contributed by atoms with Gasteiger partial charge in [0.05, 0.1) is 0 Å². The van der Waals surface area contributed by atoms with Gasteiger partial charge in [0.15, 0.2) is 6.10 Å². The Labute approximate surface area is 492 Å². The van der Waals surface area contributed by atoms with E-state index in [1.54, 1.807) is 0 Å². The summed E-state index contributed by atoms with van der Waals surface area (Å²) in [6.07, 6.45) is 85.6. The van der Waals surface area contributed by atoms with Crippen molar-refractivity contribution in [1.82, 2.24) is 0 Å². The third-order valence-electron chi connectivity index (χ3n) is 15.8. The van der Waals surface area contributed by atoms with Crippen molar-refractivity contribution in [3.8, 4) is 0 Å². The van der Waals surface area contributed by atoms with Crippen LogP contribution < -0.4 is 0 Å². The van der Waals surface area contributed by atoms with Gasteiger partial charge < -0.3 is 14.2 Å². The molecule has 6 nitrogen and oxygen atoms in total. The lowest BCUT2D eigenvalue weighted by molar-refractivity contribution is -0.167. The predicted octanol–water partition coefficient (Wildman–Crippen LogP) is 24.1. The minimum atomic E-state index is -0.772. The Hall–Kier alpha value is -2.63. The van der Waals surface area contributed by atoms with E-state index in [0.717, 1.165) is 70.6 Å². The standard InChI is InChI=1S/C73H134O6/c1-4-7-10-13-16-19-22-25-27-29-31-32-33-34-35-36-37-38-39-40-42-43-45-48-51-54-57-60-63-66-72(75)78-69-70(68-77-71(74)65-62-59-56-53-50-47-24-21-18-15-12-9-6-3)79-73(76)67-64-61-58-55-52-49-46-44-41-30-28-26-23-20-17-14-11-8-5-2/h22,25-26,28-29,31,33-34,70H,4-21,23-24,27,30,32,35-69H2,1-3H3/b25-22-,28-26-,31-29-,34-33-. The Morgan fingerprint density at radius 3 is 0.722 bits per heavy atom. The molecule has 0 spiro atoms. The van der Waals surface area contributed by atoms with Crippen LogP contribution in [0.25, 0.3) is 0 Å². The molecule has 462 valence electrons. The summed E-state index contributed by atoms with van der Waals surface area (Å²) in [7, 11) is 0. The Morgan fingerprint density at radius 2 is 0.456 bits per heavy atom. The topological polar surface area (TPSA) is 78.9 Å². The molecule has 0 radical (unpaired) electrons. The molecule has 0 aromatic carbocycles. The molecule has 0 aliphatic heterocycles. The van der Waals surface area contributed by atoms with E-state index in [1.807, 2.05) is 0 Å². The molecule has 0 aromatic heterocycles. The molecule has 0 aromatic rings. The van der Waals surface area contributed by atoms with Gasteiger partial charge in [0.2, 0.25) is 0 Å². The van der Waals surface area contributed by atoms with Gasteiger partial charge in [-0.1, -0.05) is 326 Å². The van der Waals surface area contributed by atoms with E-state index in [0.29, 0.717) is 19.3 Å². The third-order valence-corrected chi connectivity index (χ3v) is 15.8. The summed E-state index contributed by atoms with van der Waals surface area (Å²) >= 11 is 0. The van der Waals surface area contributed by atoms with Crippen LogP contribution in [0, 0.1) is 0 Å². The molecule has 79 heavy (non-hydrogen) atoms. The molecule has 0 N–H and O–H groups in total. The minimum Gasteiger partial charge on any atom is -0.462 e. The SMILES string of the molecule is CCCCCCC/C=C\C/C=C\C/C=C\CCCCCCCCCCCCCCCCC(=O)OCC(COC(=O)CCCCCCCCCCCCCCC)OC(=O)CCCCCCCCCCC/C=C\CCCCCCCC. The molecule has 0 rings (SSSR count). The van der Waals surface area contributed by atoms with Crippen molar-refractivity contribution in [2.24, 2.45) is 0 Å². The maximum atomic E-state index is 12.9. The van der Waals surface area contributed by atoms with Gasteiger partial charge in [-0.25, -0.2) is 0 Å². The summed E-state index contributed by atoms with van der Waals surface area (Å²) < 4.78 is 17.0. The van der Waals surface area contributed by atoms with Gasteiger partial charge in [-0.2, -0.15) is 0 Å². The highest BCUT2D eigenvalue weighted by molar-refractivity contribution is 5.71. The molecule has 0 saturated carbocycles. The van der Waals surface area contributed by atoms with Crippen molar-refractivity contribution in [3.63, 3.8) is 0 Å². The highest BCUT2D eigenvalue weighted by Crippen LogP contribution is 2.18. The van der Waals surface area contributed by atoms with E-state index >= 15 is 0 Å². The number of unbranched alkanes of at least 4 members (excludes halogenated alkanes) is 46. The Balaban J connectivity index is 4.21. The molecule has 0 aliphatic rings. The van der Waals surface area contributed by atoms with Gasteiger partial charge in [-0.15, -0.1) is 0 Å². The van der Waals surface area contributed by atoms with Gasteiger partial charge in [-0.3, -0.25) is 14.4 Å². The van der Waals surface area contributed by atoms with Crippen LogP contribution >= 0.6 is 0 Å². The lowest BCUT2D eigenvalue weighted by Crippen LogP contribution is -2.30. The van der Waals surface area contributed by atoms with Crippen molar-refractivity contribution in [1.29, 1.82) is 0 Å². The van der Waals surface area contributed by atoms with Crippen molar-refractivity contribution in [2.75, 3.05) is 13.2 Å². The average molecular weight is 1110 g/mol. The van der Waals surface area contributed by atoms with E-state index in [2.05, 4.69) is 69.4 Å². The van der Waals surface area contributed by atoms with Crippen LogP contribution in [0.15, 0.2) is 48.6 Å². The lowest BCUT2D eigenvalue weighted by Gasteiger charge is -2.18. The van der Waals surface area contributed by atoms with E-state index in [1.165, 1.54) is 270 Å². The summed E-state index contributed by atoms with van der Waals surface area (Å²) in [5, 5.41) is 0. The molecule has 0 heterocycles. The largest absolute Gasteiger partial charge is 0.462 e. The Kier molecular flexibility index (Phi) is 65.6. The van der Waals surface area contributed by atoms with Gasteiger partial charge in [0.25, 0.3) is 0 Å². The number of carbonyl (C=O) groups is 3. The first-order valence-electron chi connectivity index (χ1n) is 35.1. The number of hydrogen-bond donors (Lipinski definition) is 0. The summed E-state index contributed by atoms with van der Waals surface area (Å²) in [6, 6.07) is 0. The van der Waals surface area contributed by atoms with Crippen LogP contribution in [0.5, 0.6) is 0 Å². The molecule has 0 aliphatic carbocycles. The fraction of sp³-hybridized carbons (Fsp3) is 0.849. The fourth-order valence-electron chi connectivity index (χ4n) is 10.5. The number of esters is 3. The fourth-order valence-corrected chi connectivity index (χ4v) is 10.5. The number of carbonyl (C=O) groups excluding carboxylic acids is 3. The second-order valence-electron chi connectivity index (χ2n) is 23.8. The van der Waals surface area contributed by atoms with Crippen molar-refractivity contribution in [3.05, 3.63) is 48.6 Å². The third kappa shape index (κ3) is 66.1. The number of ether oxygens (including phenoxy) is 3. The second kappa shape index (κ2) is 67.9. The molecule has 0 fully saturated rings. The number of allylic oxidation sites excluding steroid dienone is 8. The van der Waals surface area contributed by atoms with E-state index < -0.39 is 6.10 Å². The van der Waals surface area contributed by atoms with Crippen LogP contribution in [-0.4, -0.2) is 37.2 Å². The van der Waals surface area contributed by atoms with E-state index in [4.69, 9.17) is 14.2 Å². The summed E-state index contributed by atoms with van der Waals surface area (Å²) in [6.45, 7) is 6.68. The smallest absolute Gasteiger partial charge is 0.306 e. The lowest BCUT2D eigenvalue weighted by atomic mass is 10.0. The Bertz CT molecular complexity index is 1360.